The van der Waals surface area contributed by atoms with Crippen LogP contribution in [0.4, 0.5) is 4.79 Å². The van der Waals surface area contributed by atoms with Crippen molar-refractivity contribution in [2.75, 3.05) is 13.1 Å². The molecule has 0 saturated carbocycles. The van der Waals surface area contributed by atoms with Crippen LogP contribution in [0.15, 0.2) is 6.20 Å². The molecule has 2 fully saturated rings. The zero-order valence-electron chi connectivity index (χ0n) is 18.5. The Labute approximate surface area is 168 Å². The Kier molecular flexibility index (Phi) is 5.34. The van der Waals surface area contributed by atoms with Crippen LogP contribution in [0.3, 0.4) is 0 Å². The second kappa shape index (κ2) is 7.06. The smallest absolute Gasteiger partial charge is 0.444 e. The molecule has 156 valence electrons. The molecule has 0 N–H and O–H groups in total. The molecule has 3 heterocycles. The molecular formula is C20H34BN3O4. The molecule has 3 rings (SSSR count). The molecule has 0 unspecified atom stereocenters. The number of likely N-dealkylation sites (tertiary alicyclic amines) is 1. The minimum atomic E-state index is -0.466. The molecule has 1 aromatic heterocycles. The van der Waals surface area contributed by atoms with Crippen molar-refractivity contribution < 1.29 is 18.8 Å². The molecule has 8 heteroatoms. The minimum absolute atomic E-state index is 0.230. The first-order valence-electron chi connectivity index (χ1n) is 10.2. The van der Waals surface area contributed by atoms with Gasteiger partial charge in [-0.05, 0) is 68.2 Å². The third kappa shape index (κ3) is 4.22. The summed E-state index contributed by atoms with van der Waals surface area (Å²) >= 11 is 0. The second-order valence-corrected chi connectivity index (χ2v) is 9.91. The number of carbonyl (C=O) groups excluding carboxylic acids is 1. The van der Waals surface area contributed by atoms with Crippen molar-refractivity contribution in [3.8, 4) is 0 Å². The van der Waals surface area contributed by atoms with Crippen LogP contribution in [0, 0.1) is 6.92 Å². The highest BCUT2D eigenvalue weighted by Gasteiger charge is 2.52. The predicted octanol–water partition coefficient (Wildman–Crippen LogP) is 3.06. The van der Waals surface area contributed by atoms with Gasteiger partial charge in [-0.25, -0.2) is 9.78 Å². The van der Waals surface area contributed by atoms with E-state index in [9.17, 15) is 4.79 Å². The third-order valence-corrected chi connectivity index (χ3v) is 5.94. The van der Waals surface area contributed by atoms with E-state index in [1.165, 1.54) is 0 Å². The number of hydrogen-bond donors (Lipinski definition) is 0. The van der Waals surface area contributed by atoms with Crippen LogP contribution in [0.5, 0.6) is 0 Å². The molecule has 0 spiro atoms. The number of aryl methyl sites for hydroxylation is 1. The van der Waals surface area contributed by atoms with Crippen molar-refractivity contribution in [1.82, 2.24) is 14.5 Å². The number of carbonyl (C=O) groups is 1. The number of aromatic nitrogens is 2. The summed E-state index contributed by atoms with van der Waals surface area (Å²) in [4.78, 5) is 18.8. The molecule has 0 atom stereocenters. The zero-order chi connectivity index (χ0) is 20.9. The van der Waals surface area contributed by atoms with Crippen LogP contribution in [0.1, 0.15) is 73.2 Å². The van der Waals surface area contributed by atoms with Crippen molar-refractivity contribution in [3.05, 3.63) is 12.0 Å². The number of piperidine rings is 1. The third-order valence-electron chi connectivity index (χ3n) is 5.94. The van der Waals surface area contributed by atoms with Gasteiger partial charge in [0.1, 0.15) is 11.4 Å². The molecule has 1 aromatic rings. The lowest BCUT2D eigenvalue weighted by Gasteiger charge is -2.34. The van der Waals surface area contributed by atoms with E-state index >= 15 is 0 Å². The van der Waals surface area contributed by atoms with Gasteiger partial charge in [-0.15, -0.1) is 0 Å². The summed E-state index contributed by atoms with van der Waals surface area (Å²) in [5.41, 5.74) is -0.417. The van der Waals surface area contributed by atoms with E-state index in [4.69, 9.17) is 19.0 Å². The lowest BCUT2D eigenvalue weighted by molar-refractivity contribution is 0.00578. The molecule has 0 aliphatic carbocycles. The number of hydrogen-bond acceptors (Lipinski definition) is 5. The van der Waals surface area contributed by atoms with Crippen molar-refractivity contribution >= 4 is 18.8 Å². The predicted molar refractivity (Wildman–Crippen MR) is 109 cm³/mol. The highest BCUT2D eigenvalue weighted by atomic mass is 16.7. The summed E-state index contributed by atoms with van der Waals surface area (Å²) in [5, 5.41) is 0. The molecule has 0 radical (unpaired) electrons. The second-order valence-electron chi connectivity index (χ2n) is 9.91. The fraction of sp³-hybridized carbons (Fsp3) is 0.800. The summed E-state index contributed by atoms with van der Waals surface area (Å²) in [6.07, 6.45) is 3.57. The highest BCUT2D eigenvalue weighted by molar-refractivity contribution is 6.61. The lowest BCUT2D eigenvalue weighted by Crippen LogP contribution is -2.42. The Bertz CT molecular complexity index is 714. The van der Waals surface area contributed by atoms with Crippen molar-refractivity contribution in [2.45, 2.75) is 91.1 Å². The van der Waals surface area contributed by atoms with Crippen LogP contribution < -0.4 is 5.59 Å². The SMILES string of the molecule is Cc1nc(B2OC(C)(C)C(C)(C)O2)cn1C1CCN(C(=O)OC(C)(C)C)CC1. The first kappa shape index (κ1) is 21.2. The number of ether oxygens (including phenoxy) is 1. The van der Waals surface area contributed by atoms with Crippen molar-refractivity contribution in [1.29, 1.82) is 0 Å². The molecule has 2 aliphatic heterocycles. The van der Waals surface area contributed by atoms with Gasteiger partial charge in [0.05, 0.1) is 16.8 Å². The average Bonchev–Trinajstić information content (AvgIpc) is 3.03. The van der Waals surface area contributed by atoms with E-state index in [-0.39, 0.29) is 17.3 Å². The Morgan fingerprint density at radius 2 is 1.71 bits per heavy atom. The van der Waals surface area contributed by atoms with E-state index in [2.05, 4.69) is 4.57 Å². The summed E-state index contributed by atoms with van der Waals surface area (Å²) in [7, 11) is -0.452. The van der Waals surface area contributed by atoms with E-state index in [1.807, 2.05) is 61.6 Å². The van der Waals surface area contributed by atoms with Gasteiger partial charge in [0.2, 0.25) is 0 Å². The van der Waals surface area contributed by atoms with Crippen LogP contribution in [-0.2, 0) is 14.0 Å². The minimum Gasteiger partial charge on any atom is -0.444 e. The maximum Gasteiger partial charge on any atom is 0.516 e. The standard InChI is InChI=1S/C20H34BN3O4/c1-14-22-16(21-27-19(5,6)20(7,8)28-21)13-24(14)15-9-11-23(12-10-15)17(25)26-18(2,3)4/h13,15H,9-12H2,1-8H3. The maximum atomic E-state index is 12.3. The topological polar surface area (TPSA) is 65.8 Å². The van der Waals surface area contributed by atoms with Crippen LogP contribution >= 0.6 is 0 Å². The first-order valence-corrected chi connectivity index (χ1v) is 10.2. The van der Waals surface area contributed by atoms with Crippen molar-refractivity contribution in [3.63, 3.8) is 0 Å². The van der Waals surface area contributed by atoms with E-state index < -0.39 is 12.7 Å². The summed E-state index contributed by atoms with van der Waals surface area (Å²) in [6.45, 7) is 17.2. The number of rotatable bonds is 2. The molecule has 7 nitrogen and oxygen atoms in total. The quantitative estimate of drug-likeness (QED) is 0.725. The summed E-state index contributed by atoms with van der Waals surface area (Å²) in [5.74, 6) is 0.945. The fourth-order valence-electron chi connectivity index (χ4n) is 3.61. The molecule has 28 heavy (non-hydrogen) atoms. The van der Waals surface area contributed by atoms with Crippen LogP contribution in [0.2, 0.25) is 0 Å². The molecular weight excluding hydrogens is 357 g/mol. The van der Waals surface area contributed by atoms with Crippen molar-refractivity contribution in [2.24, 2.45) is 0 Å². The Morgan fingerprint density at radius 1 is 1.18 bits per heavy atom. The van der Waals surface area contributed by atoms with Gasteiger partial charge in [0.25, 0.3) is 0 Å². The Balaban J connectivity index is 1.65. The Morgan fingerprint density at radius 3 is 2.21 bits per heavy atom. The zero-order valence-corrected chi connectivity index (χ0v) is 18.5. The molecule has 0 bridgehead atoms. The first-order chi connectivity index (χ1) is 12.8. The van der Waals surface area contributed by atoms with Gasteiger partial charge in [-0.2, -0.15) is 0 Å². The van der Waals surface area contributed by atoms with Gasteiger partial charge in [-0.1, -0.05) is 0 Å². The van der Waals surface area contributed by atoms with E-state index in [0.717, 1.165) is 24.3 Å². The van der Waals surface area contributed by atoms with Crippen LogP contribution in [-0.4, -0.2) is 57.6 Å². The molecule has 1 amide bonds. The van der Waals surface area contributed by atoms with E-state index in [1.54, 1.807) is 4.90 Å². The molecule has 2 aliphatic rings. The number of amides is 1. The maximum absolute atomic E-state index is 12.3. The average molecular weight is 391 g/mol. The normalized spacial score (nSPS) is 22.6. The largest absolute Gasteiger partial charge is 0.516 e. The van der Waals surface area contributed by atoms with Gasteiger partial charge < -0.3 is 23.5 Å². The number of imidazole rings is 1. The summed E-state index contributed by atoms with van der Waals surface area (Å²) in [6, 6.07) is 0.308. The monoisotopic (exact) mass is 391 g/mol. The lowest BCUT2D eigenvalue weighted by atomic mass is 9.85. The molecule has 2 saturated heterocycles. The highest BCUT2D eigenvalue weighted by Crippen LogP contribution is 2.36. The molecule has 0 aromatic carbocycles. The Hall–Kier alpha value is -1.54. The van der Waals surface area contributed by atoms with Crippen LogP contribution in [0.25, 0.3) is 0 Å². The van der Waals surface area contributed by atoms with E-state index in [0.29, 0.717) is 19.1 Å². The van der Waals surface area contributed by atoms with Gasteiger partial charge in [0, 0.05) is 25.3 Å². The fourth-order valence-corrected chi connectivity index (χ4v) is 3.61. The van der Waals surface area contributed by atoms with Gasteiger partial charge >= 0.3 is 13.2 Å². The van der Waals surface area contributed by atoms with Gasteiger partial charge in [0.15, 0.2) is 0 Å². The number of nitrogens with zero attached hydrogens (tertiary/aromatic N) is 3. The summed E-state index contributed by atoms with van der Waals surface area (Å²) < 4.78 is 20.0. The van der Waals surface area contributed by atoms with Gasteiger partial charge in [-0.3, -0.25) is 0 Å².